The number of aliphatic carboxylic acids is 2. The lowest BCUT2D eigenvalue weighted by Crippen LogP contribution is -2.22. The number of nitrogens with two attached hydrogens (primary N) is 2. The zero-order chi connectivity index (χ0) is 11.1. The minimum absolute atomic E-state index is 0.235. The van der Waals surface area contributed by atoms with Gasteiger partial charge in [0.05, 0.1) is 6.42 Å². The second-order valence-electron chi connectivity index (χ2n) is 2.27. The normalized spacial score (nSPS) is 10.7. The summed E-state index contributed by atoms with van der Waals surface area (Å²) in [7, 11) is 0. The predicted molar refractivity (Wildman–Crippen MR) is 47.8 cm³/mol. The van der Waals surface area contributed by atoms with Gasteiger partial charge in [0.15, 0.2) is 0 Å². The van der Waals surface area contributed by atoms with Crippen molar-refractivity contribution >= 4 is 23.6 Å². The van der Waals surface area contributed by atoms with Crippen molar-refractivity contribution in [2.75, 3.05) is 0 Å². The zero-order valence-electron chi connectivity index (χ0n) is 7.17. The fourth-order valence-electron chi connectivity index (χ4n) is 0.543. The van der Waals surface area contributed by atoms with Crippen LogP contribution >= 0.6 is 0 Å². The van der Waals surface area contributed by atoms with Gasteiger partial charge in [-0.25, -0.2) is 4.79 Å². The van der Waals surface area contributed by atoms with Crippen LogP contribution in [0.1, 0.15) is 12.8 Å². The fourth-order valence-corrected chi connectivity index (χ4v) is 0.543. The van der Waals surface area contributed by atoms with Crippen molar-refractivity contribution in [1.29, 1.82) is 0 Å². The highest BCUT2D eigenvalue weighted by Gasteiger charge is 2.11. The van der Waals surface area contributed by atoms with Crippen LogP contribution in [0.3, 0.4) is 0 Å². The van der Waals surface area contributed by atoms with E-state index in [9.17, 15) is 9.59 Å². The van der Waals surface area contributed by atoms with E-state index >= 15 is 0 Å². The van der Waals surface area contributed by atoms with Gasteiger partial charge in [0.1, 0.15) is 5.71 Å². The molecule has 0 saturated carbocycles. The molecule has 78 valence electrons. The molecule has 0 aliphatic rings. The highest BCUT2D eigenvalue weighted by atomic mass is 16.4. The number of carbonyl (C=O) groups is 2. The minimum Gasteiger partial charge on any atom is -0.481 e. The van der Waals surface area contributed by atoms with Gasteiger partial charge >= 0.3 is 11.9 Å². The van der Waals surface area contributed by atoms with E-state index in [4.69, 9.17) is 21.7 Å². The molecule has 0 rings (SSSR count). The Kier molecular flexibility index (Phi) is 4.68. The van der Waals surface area contributed by atoms with E-state index < -0.39 is 17.7 Å². The third-order valence-electron chi connectivity index (χ3n) is 1.11. The van der Waals surface area contributed by atoms with E-state index in [0.29, 0.717) is 0 Å². The zero-order valence-corrected chi connectivity index (χ0v) is 7.17. The summed E-state index contributed by atoms with van der Waals surface area (Å²) in [4.78, 5) is 20.6. The summed E-state index contributed by atoms with van der Waals surface area (Å²) < 4.78 is 0. The van der Waals surface area contributed by atoms with Crippen molar-refractivity contribution < 1.29 is 19.8 Å². The molecule has 0 fully saturated rings. The first-order valence-electron chi connectivity index (χ1n) is 3.54. The third kappa shape index (κ3) is 5.52. The first kappa shape index (κ1) is 11.9. The Labute approximate surface area is 78.9 Å². The minimum atomic E-state index is -1.35. The van der Waals surface area contributed by atoms with Crippen molar-refractivity contribution in [3.05, 3.63) is 0 Å². The first-order chi connectivity index (χ1) is 6.43. The fraction of sp³-hybridized carbons (Fsp3) is 0.333. The Hall–Kier alpha value is -2.12. The molecule has 0 amide bonds. The van der Waals surface area contributed by atoms with Crippen LogP contribution in [-0.2, 0) is 9.59 Å². The number of carboxylic acid groups (broad SMARTS) is 2. The molecule has 6 N–H and O–H groups in total. The van der Waals surface area contributed by atoms with Crippen LogP contribution in [0.4, 0.5) is 0 Å². The van der Waals surface area contributed by atoms with Gasteiger partial charge in [-0.1, -0.05) is 0 Å². The monoisotopic (exact) mass is 202 g/mol. The lowest BCUT2D eigenvalue weighted by Gasteiger charge is -1.95. The summed E-state index contributed by atoms with van der Waals surface area (Å²) in [5.74, 6) is -2.86. The van der Waals surface area contributed by atoms with Crippen LogP contribution in [0.5, 0.6) is 0 Å². The standard InChI is InChI=1S/C6H10N4O4/c7-6(8)10-9-3(5(13)14)1-2-4(11)12/h1-2H2,(H,11,12)(H,13,14)(H4,7,8,10)/b9-3-. The quantitative estimate of drug-likeness (QED) is 0.243. The number of nitrogens with zero attached hydrogens (tertiary/aromatic N) is 2. The number of carboxylic acids is 2. The van der Waals surface area contributed by atoms with Gasteiger partial charge in [-0.15, -0.1) is 10.2 Å². The van der Waals surface area contributed by atoms with Crippen LogP contribution in [0.15, 0.2) is 10.2 Å². The second-order valence-corrected chi connectivity index (χ2v) is 2.27. The highest BCUT2D eigenvalue weighted by Crippen LogP contribution is 1.95. The lowest BCUT2D eigenvalue weighted by molar-refractivity contribution is -0.136. The summed E-state index contributed by atoms with van der Waals surface area (Å²) in [5, 5.41) is 23.1. The molecule has 0 aliphatic heterocycles. The maximum Gasteiger partial charge on any atom is 0.352 e. The van der Waals surface area contributed by atoms with Crippen molar-refractivity contribution in [2.45, 2.75) is 12.8 Å². The van der Waals surface area contributed by atoms with E-state index in [2.05, 4.69) is 10.2 Å². The molecule has 0 unspecified atom stereocenters. The Morgan fingerprint density at radius 1 is 1.07 bits per heavy atom. The highest BCUT2D eigenvalue weighted by molar-refractivity contribution is 6.35. The molecule has 0 aliphatic carbocycles. The number of rotatable bonds is 5. The summed E-state index contributed by atoms with van der Waals surface area (Å²) in [5.41, 5.74) is 9.41. The molecule has 0 aromatic rings. The second kappa shape index (κ2) is 5.51. The topological polar surface area (TPSA) is 151 Å². The van der Waals surface area contributed by atoms with Gasteiger partial charge in [-0.2, -0.15) is 0 Å². The Morgan fingerprint density at radius 2 is 1.64 bits per heavy atom. The molecule has 0 saturated heterocycles. The van der Waals surface area contributed by atoms with E-state index in [1.165, 1.54) is 0 Å². The van der Waals surface area contributed by atoms with Gasteiger partial charge in [-0.05, 0) is 0 Å². The molecular formula is C6H10N4O4. The molecule has 0 aromatic heterocycles. The maximum atomic E-state index is 10.4. The Balaban J connectivity index is 4.45. The molecule has 0 heterocycles. The van der Waals surface area contributed by atoms with E-state index in [1.54, 1.807) is 0 Å². The van der Waals surface area contributed by atoms with Gasteiger partial charge in [-0.3, -0.25) is 4.79 Å². The maximum absolute atomic E-state index is 10.4. The summed E-state index contributed by atoms with van der Waals surface area (Å²) in [6.45, 7) is 0. The van der Waals surface area contributed by atoms with Crippen molar-refractivity contribution in [3.8, 4) is 0 Å². The molecule has 8 heteroatoms. The molecule has 0 aromatic carbocycles. The van der Waals surface area contributed by atoms with E-state index in [1.807, 2.05) is 0 Å². The molecule has 0 radical (unpaired) electrons. The third-order valence-corrected chi connectivity index (χ3v) is 1.11. The largest absolute Gasteiger partial charge is 0.481 e. The van der Waals surface area contributed by atoms with Gasteiger partial charge in [0.2, 0.25) is 5.96 Å². The van der Waals surface area contributed by atoms with Crippen LogP contribution in [0, 0.1) is 0 Å². The van der Waals surface area contributed by atoms with E-state index in [-0.39, 0.29) is 18.8 Å². The van der Waals surface area contributed by atoms with Crippen LogP contribution in [0.2, 0.25) is 0 Å². The molecule has 8 nitrogen and oxygen atoms in total. The molecule has 0 atom stereocenters. The number of guanidine groups is 1. The first-order valence-corrected chi connectivity index (χ1v) is 3.54. The van der Waals surface area contributed by atoms with Crippen molar-refractivity contribution in [3.63, 3.8) is 0 Å². The molecule has 0 spiro atoms. The lowest BCUT2D eigenvalue weighted by atomic mass is 10.2. The molecular weight excluding hydrogens is 192 g/mol. The molecule has 0 bridgehead atoms. The van der Waals surface area contributed by atoms with E-state index in [0.717, 1.165) is 0 Å². The summed E-state index contributed by atoms with van der Waals surface area (Å²) >= 11 is 0. The van der Waals surface area contributed by atoms with Crippen LogP contribution in [0.25, 0.3) is 0 Å². The Morgan fingerprint density at radius 3 is 2.00 bits per heavy atom. The average molecular weight is 202 g/mol. The van der Waals surface area contributed by atoms with Gasteiger partial charge in [0, 0.05) is 6.42 Å². The van der Waals surface area contributed by atoms with Crippen LogP contribution in [-0.4, -0.2) is 33.8 Å². The smallest absolute Gasteiger partial charge is 0.352 e. The SMILES string of the molecule is NC(N)=N/N=C(/CCC(=O)O)C(=O)O. The molecule has 14 heavy (non-hydrogen) atoms. The van der Waals surface area contributed by atoms with Gasteiger partial charge in [0.25, 0.3) is 0 Å². The average Bonchev–Trinajstić information content (AvgIpc) is 2.02. The number of hydrogen-bond donors (Lipinski definition) is 4. The Bertz CT molecular complexity index is 292. The number of hydrogen-bond acceptors (Lipinski definition) is 4. The van der Waals surface area contributed by atoms with Gasteiger partial charge < -0.3 is 21.7 Å². The summed E-state index contributed by atoms with van der Waals surface area (Å²) in [6.07, 6.45) is -0.577. The van der Waals surface area contributed by atoms with Crippen molar-refractivity contribution in [1.82, 2.24) is 0 Å². The summed E-state index contributed by atoms with van der Waals surface area (Å²) in [6, 6.07) is 0. The van der Waals surface area contributed by atoms with Crippen LogP contribution < -0.4 is 11.5 Å². The predicted octanol–water partition coefficient (Wildman–Crippen LogP) is -1.43. The van der Waals surface area contributed by atoms with Crippen molar-refractivity contribution in [2.24, 2.45) is 21.7 Å².